The third-order valence-corrected chi connectivity index (χ3v) is 8.89. The summed E-state index contributed by atoms with van der Waals surface area (Å²) in [5.74, 6) is -0.332. The molecule has 0 saturated carbocycles. The van der Waals surface area contributed by atoms with Crippen LogP contribution in [0.4, 0.5) is 5.82 Å². The Balaban J connectivity index is 1.32. The molecule has 0 amide bonds. The SMILES string of the molecule is CC1(C)O[C@@H]2[C@H](O1)[C@@H](COP(O)(O)=S)O[C@H]2n1ncc2c(NC(c3ccccc3)(c3ccccc3)c3ccccc3)ncnc21. The number of nitrogens with zero attached hydrogens (tertiary/aromatic N) is 4. The van der Waals surface area contributed by atoms with Crippen molar-refractivity contribution in [2.75, 3.05) is 11.9 Å². The third kappa shape index (κ3) is 5.69. The van der Waals surface area contributed by atoms with Crippen molar-refractivity contribution < 1.29 is 28.5 Å². The van der Waals surface area contributed by atoms with Crippen molar-refractivity contribution in [3.05, 3.63) is 120 Å². The van der Waals surface area contributed by atoms with Crippen LogP contribution in [0.25, 0.3) is 11.0 Å². The lowest BCUT2D eigenvalue weighted by Crippen LogP contribution is -2.38. The highest BCUT2D eigenvalue weighted by Crippen LogP contribution is 2.46. The van der Waals surface area contributed by atoms with E-state index in [2.05, 4.69) is 58.5 Å². The Morgan fingerprint density at radius 1 is 0.889 bits per heavy atom. The standard InChI is InChI=1S/C32H32N5O6PS/c1-31(2)42-26-25(19-40-44(38,39)45)41-30(27(26)43-31)37-29-24(18-35-37)28(33-20-34-29)36-32(21-12-6-3-7-13-21,22-14-8-4-9-15-22)23-16-10-5-11-17-23/h3-18,20,25-27,30H,19H2,1-2H3,(H,33,34,36)(H2,38,39,45)/t25-,26-,27-,30-/m1/s1. The summed E-state index contributed by atoms with van der Waals surface area (Å²) in [6.07, 6.45) is 0.619. The molecule has 11 nitrogen and oxygen atoms in total. The Morgan fingerprint density at radius 2 is 1.44 bits per heavy atom. The molecule has 2 aliphatic heterocycles. The fourth-order valence-corrected chi connectivity index (χ4v) is 6.79. The largest absolute Gasteiger partial charge is 0.352 e. The van der Waals surface area contributed by atoms with E-state index >= 15 is 0 Å². The second kappa shape index (κ2) is 11.7. The zero-order valence-electron chi connectivity index (χ0n) is 24.5. The van der Waals surface area contributed by atoms with Crippen molar-refractivity contribution >= 4 is 35.4 Å². The van der Waals surface area contributed by atoms with Gasteiger partial charge in [0.15, 0.2) is 17.7 Å². The van der Waals surface area contributed by atoms with Crippen LogP contribution in [0.2, 0.25) is 0 Å². The van der Waals surface area contributed by atoms with Gasteiger partial charge in [0.05, 0.1) is 18.2 Å². The lowest BCUT2D eigenvalue weighted by molar-refractivity contribution is -0.200. The summed E-state index contributed by atoms with van der Waals surface area (Å²) >= 11 is 4.65. The molecule has 0 aliphatic carbocycles. The second-order valence-electron chi connectivity index (χ2n) is 11.4. The van der Waals surface area contributed by atoms with Gasteiger partial charge in [-0.3, -0.25) is 0 Å². The maximum Gasteiger partial charge on any atom is 0.321 e. The van der Waals surface area contributed by atoms with Crippen LogP contribution in [0.5, 0.6) is 0 Å². The van der Waals surface area contributed by atoms with Crippen LogP contribution in [0.15, 0.2) is 104 Å². The van der Waals surface area contributed by atoms with Crippen molar-refractivity contribution in [3.63, 3.8) is 0 Å². The lowest BCUT2D eigenvalue weighted by atomic mass is 9.77. The van der Waals surface area contributed by atoms with Gasteiger partial charge in [-0.1, -0.05) is 91.0 Å². The minimum Gasteiger partial charge on any atom is -0.352 e. The summed E-state index contributed by atoms with van der Waals surface area (Å²) < 4.78 is 25.5. The van der Waals surface area contributed by atoms with Crippen molar-refractivity contribution in [3.8, 4) is 0 Å². The fraction of sp³-hybridized carbons (Fsp3) is 0.281. The average Bonchev–Trinajstić information content (AvgIpc) is 3.70. The van der Waals surface area contributed by atoms with Crippen molar-refractivity contribution in [2.45, 2.75) is 49.7 Å². The highest BCUT2D eigenvalue weighted by Gasteiger charge is 2.56. The molecule has 0 radical (unpaired) electrons. The summed E-state index contributed by atoms with van der Waals surface area (Å²) in [6.45, 7) is -0.468. The molecule has 45 heavy (non-hydrogen) atoms. The Hall–Kier alpha value is -3.58. The fourth-order valence-electron chi connectivity index (χ4n) is 6.27. The summed E-state index contributed by atoms with van der Waals surface area (Å²) in [6, 6.07) is 30.7. The van der Waals surface area contributed by atoms with Gasteiger partial charge in [0, 0.05) is 0 Å². The molecule has 13 heteroatoms. The van der Waals surface area contributed by atoms with E-state index in [1.54, 1.807) is 10.9 Å². The highest BCUT2D eigenvalue weighted by molar-refractivity contribution is 8.06. The molecule has 7 rings (SSSR count). The van der Waals surface area contributed by atoms with E-state index in [0.29, 0.717) is 16.9 Å². The molecule has 0 spiro atoms. The molecule has 5 aromatic rings. The highest BCUT2D eigenvalue weighted by atomic mass is 32.5. The van der Waals surface area contributed by atoms with Crippen molar-refractivity contribution in [1.82, 2.24) is 19.7 Å². The number of aromatic nitrogens is 4. The predicted molar refractivity (Wildman–Crippen MR) is 171 cm³/mol. The van der Waals surface area contributed by atoms with Crippen LogP contribution < -0.4 is 5.32 Å². The Bertz CT molecular complexity index is 1740. The minimum atomic E-state index is -3.90. The molecule has 2 saturated heterocycles. The number of rotatable bonds is 9. The van der Waals surface area contributed by atoms with Gasteiger partial charge < -0.3 is 33.8 Å². The van der Waals surface area contributed by atoms with Crippen LogP contribution in [0.1, 0.15) is 36.8 Å². The van der Waals surface area contributed by atoms with Gasteiger partial charge in [0.2, 0.25) is 0 Å². The van der Waals surface area contributed by atoms with E-state index in [1.807, 2.05) is 68.4 Å². The van der Waals surface area contributed by atoms with Crippen LogP contribution in [-0.4, -0.2) is 60.2 Å². The van der Waals surface area contributed by atoms with Gasteiger partial charge in [-0.25, -0.2) is 14.6 Å². The first kappa shape index (κ1) is 30.1. The molecule has 3 N–H and O–H groups in total. The van der Waals surface area contributed by atoms with Gasteiger partial charge in [-0.05, 0) is 42.3 Å². The molecule has 3 aromatic carbocycles. The first-order valence-electron chi connectivity index (χ1n) is 14.5. The molecule has 232 valence electrons. The van der Waals surface area contributed by atoms with Gasteiger partial charge in [-0.2, -0.15) is 5.10 Å². The molecule has 4 atom stereocenters. The summed E-state index contributed by atoms with van der Waals surface area (Å²) in [7, 11) is 0. The first-order chi connectivity index (χ1) is 21.6. The first-order valence-corrected chi connectivity index (χ1v) is 17.1. The Kier molecular flexibility index (Phi) is 7.79. The van der Waals surface area contributed by atoms with E-state index in [-0.39, 0.29) is 6.61 Å². The molecular formula is C32H32N5O6PS. The zero-order valence-corrected chi connectivity index (χ0v) is 26.2. The summed E-state index contributed by atoms with van der Waals surface area (Å²) in [5.41, 5.74) is 2.78. The molecule has 2 fully saturated rings. The number of fused-ring (bicyclic) bond motifs is 2. The van der Waals surface area contributed by atoms with Gasteiger partial charge in [-0.15, -0.1) is 0 Å². The number of benzene rings is 3. The average molecular weight is 646 g/mol. The normalized spacial score (nSPS) is 22.8. The van der Waals surface area contributed by atoms with E-state index in [0.717, 1.165) is 16.7 Å². The van der Waals surface area contributed by atoms with E-state index in [4.69, 9.17) is 28.8 Å². The minimum absolute atomic E-state index is 0.184. The summed E-state index contributed by atoms with van der Waals surface area (Å²) in [4.78, 5) is 28.7. The lowest BCUT2D eigenvalue weighted by Gasteiger charge is -2.37. The van der Waals surface area contributed by atoms with Crippen LogP contribution in [-0.2, 0) is 36.1 Å². The Labute approximate surface area is 265 Å². The van der Waals surface area contributed by atoms with E-state index in [9.17, 15) is 9.79 Å². The van der Waals surface area contributed by atoms with Gasteiger partial charge >= 0.3 is 6.72 Å². The topological polar surface area (TPSA) is 133 Å². The molecule has 2 aliphatic rings. The Morgan fingerprint density at radius 3 is 2.00 bits per heavy atom. The van der Waals surface area contributed by atoms with E-state index in [1.165, 1.54) is 6.33 Å². The van der Waals surface area contributed by atoms with Crippen molar-refractivity contribution in [2.24, 2.45) is 0 Å². The number of anilines is 1. The smallest absolute Gasteiger partial charge is 0.321 e. The van der Waals surface area contributed by atoms with Crippen molar-refractivity contribution in [1.29, 1.82) is 0 Å². The van der Waals surface area contributed by atoms with Crippen LogP contribution >= 0.6 is 6.72 Å². The number of ether oxygens (including phenoxy) is 3. The number of nitrogens with one attached hydrogen (secondary N) is 1. The quantitative estimate of drug-likeness (QED) is 0.150. The molecular weight excluding hydrogens is 613 g/mol. The zero-order chi connectivity index (χ0) is 31.2. The maximum atomic E-state index is 9.67. The van der Waals surface area contributed by atoms with E-state index < -0.39 is 42.6 Å². The van der Waals surface area contributed by atoms with Crippen LogP contribution in [0, 0.1) is 0 Å². The monoisotopic (exact) mass is 645 g/mol. The molecule has 2 aromatic heterocycles. The third-order valence-electron chi connectivity index (χ3n) is 8.09. The second-order valence-corrected chi connectivity index (χ2v) is 14.1. The summed E-state index contributed by atoms with van der Waals surface area (Å²) in [5, 5.41) is 9.18. The van der Waals surface area contributed by atoms with Crippen LogP contribution in [0.3, 0.4) is 0 Å². The number of hydrogen-bond donors (Lipinski definition) is 3. The number of hydrogen-bond acceptors (Lipinski definition) is 9. The molecule has 4 heterocycles. The predicted octanol–water partition coefficient (Wildman–Crippen LogP) is 4.87. The van der Waals surface area contributed by atoms with Gasteiger partial charge in [0.25, 0.3) is 0 Å². The molecule has 0 unspecified atom stereocenters. The molecule has 0 bridgehead atoms. The maximum absolute atomic E-state index is 9.67. The van der Waals surface area contributed by atoms with Gasteiger partial charge in [0.1, 0.15) is 36.0 Å².